The van der Waals surface area contributed by atoms with Gasteiger partial charge in [0.2, 0.25) is 5.91 Å². The third-order valence-electron chi connectivity index (χ3n) is 4.40. The fraction of sp³-hybridized carbons (Fsp3) is 0.500. The van der Waals surface area contributed by atoms with Crippen molar-refractivity contribution in [1.29, 1.82) is 0 Å². The van der Waals surface area contributed by atoms with Crippen LogP contribution in [0.15, 0.2) is 24.3 Å². The number of esters is 1. The van der Waals surface area contributed by atoms with Crippen molar-refractivity contribution >= 4 is 11.9 Å². The molecular formula is C16H20N2O3. The molecule has 5 heteroatoms. The van der Waals surface area contributed by atoms with Crippen molar-refractivity contribution in [3.8, 4) is 0 Å². The van der Waals surface area contributed by atoms with Gasteiger partial charge < -0.3 is 9.64 Å². The van der Waals surface area contributed by atoms with Crippen molar-refractivity contribution in [3.05, 3.63) is 35.4 Å². The third kappa shape index (κ3) is 2.78. The van der Waals surface area contributed by atoms with Crippen molar-refractivity contribution in [2.45, 2.75) is 25.4 Å². The molecule has 2 heterocycles. The molecule has 0 N–H and O–H groups in total. The third-order valence-corrected chi connectivity index (χ3v) is 4.40. The summed E-state index contributed by atoms with van der Waals surface area (Å²) in [4.78, 5) is 27.8. The highest BCUT2D eigenvalue weighted by molar-refractivity contribution is 5.90. The standard InChI is InChI=1S/C16H20N2O3/c1-21-16(20)14-5-3-2-4-12(14)10-17-8-9-18-13(11-17)6-7-15(18)19/h2-5,13H,6-11H2,1H3. The van der Waals surface area contributed by atoms with E-state index in [1.54, 1.807) is 6.07 Å². The molecule has 2 aliphatic rings. The summed E-state index contributed by atoms with van der Waals surface area (Å²) in [5.74, 6) is -0.00473. The number of carbonyl (C=O) groups excluding carboxylic acids is 2. The molecule has 0 spiro atoms. The maximum absolute atomic E-state index is 11.8. The minimum absolute atomic E-state index is 0.287. The molecule has 1 amide bonds. The van der Waals surface area contributed by atoms with Gasteiger partial charge in [0.25, 0.3) is 0 Å². The second-order valence-corrected chi connectivity index (χ2v) is 5.66. The fourth-order valence-electron chi connectivity index (χ4n) is 3.28. The number of methoxy groups -OCH3 is 1. The lowest BCUT2D eigenvalue weighted by atomic mass is 10.1. The normalized spacial score (nSPS) is 22.2. The molecule has 1 aromatic rings. The van der Waals surface area contributed by atoms with Gasteiger partial charge in [0, 0.05) is 38.6 Å². The van der Waals surface area contributed by atoms with E-state index >= 15 is 0 Å². The van der Waals surface area contributed by atoms with Gasteiger partial charge in [-0.2, -0.15) is 0 Å². The lowest BCUT2D eigenvalue weighted by Crippen LogP contribution is -2.51. The summed E-state index contributed by atoms with van der Waals surface area (Å²) in [5.41, 5.74) is 1.62. The second-order valence-electron chi connectivity index (χ2n) is 5.66. The predicted molar refractivity (Wildman–Crippen MR) is 77.8 cm³/mol. The molecule has 1 unspecified atom stereocenters. The van der Waals surface area contributed by atoms with Crippen LogP contribution < -0.4 is 0 Å². The van der Waals surface area contributed by atoms with E-state index < -0.39 is 0 Å². The highest BCUT2D eigenvalue weighted by atomic mass is 16.5. The quantitative estimate of drug-likeness (QED) is 0.786. The summed E-state index contributed by atoms with van der Waals surface area (Å²) in [6.07, 6.45) is 1.63. The van der Waals surface area contributed by atoms with Crippen molar-refractivity contribution in [2.75, 3.05) is 26.7 Å². The van der Waals surface area contributed by atoms with Crippen LogP contribution in [0.1, 0.15) is 28.8 Å². The number of rotatable bonds is 3. The molecule has 1 aromatic carbocycles. The number of fused-ring (bicyclic) bond motifs is 1. The Balaban J connectivity index is 1.70. The Morgan fingerprint density at radius 1 is 1.33 bits per heavy atom. The molecule has 112 valence electrons. The van der Waals surface area contributed by atoms with Crippen LogP contribution >= 0.6 is 0 Å². The van der Waals surface area contributed by atoms with Gasteiger partial charge in [-0.25, -0.2) is 4.79 Å². The first-order valence-corrected chi connectivity index (χ1v) is 7.37. The Kier molecular flexibility index (Phi) is 3.92. The lowest BCUT2D eigenvalue weighted by Gasteiger charge is -2.37. The number of hydrogen-bond donors (Lipinski definition) is 0. The van der Waals surface area contributed by atoms with Gasteiger partial charge in [-0.05, 0) is 18.1 Å². The molecule has 21 heavy (non-hydrogen) atoms. The van der Waals surface area contributed by atoms with Crippen LogP contribution in [0.4, 0.5) is 0 Å². The Morgan fingerprint density at radius 3 is 2.95 bits per heavy atom. The van der Waals surface area contributed by atoms with E-state index in [1.807, 2.05) is 23.1 Å². The van der Waals surface area contributed by atoms with E-state index in [1.165, 1.54) is 7.11 Å². The highest BCUT2D eigenvalue weighted by Gasteiger charge is 2.35. The number of ether oxygens (including phenoxy) is 1. The van der Waals surface area contributed by atoms with Crippen LogP contribution in [0.2, 0.25) is 0 Å². The molecule has 0 radical (unpaired) electrons. The van der Waals surface area contributed by atoms with Gasteiger partial charge in [0.1, 0.15) is 0 Å². The van der Waals surface area contributed by atoms with Gasteiger partial charge in [0.15, 0.2) is 0 Å². The van der Waals surface area contributed by atoms with Crippen LogP contribution in [0.25, 0.3) is 0 Å². The summed E-state index contributed by atoms with van der Waals surface area (Å²) in [7, 11) is 1.40. The molecule has 0 bridgehead atoms. The van der Waals surface area contributed by atoms with Crippen molar-refractivity contribution in [2.24, 2.45) is 0 Å². The molecule has 0 saturated carbocycles. The van der Waals surface area contributed by atoms with Crippen LogP contribution in [-0.4, -0.2) is 54.5 Å². The van der Waals surface area contributed by atoms with Gasteiger partial charge in [-0.1, -0.05) is 18.2 Å². The zero-order valence-corrected chi connectivity index (χ0v) is 12.2. The van der Waals surface area contributed by atoms with E-state index in [2.05, 4.69) is 4.90 Å². The SMILES string of the molecule is COC(=O)c1ccccc1CN1CCN2C(=O)CCC2C1. The van der Waals surface area contributed by atoms with E-state index in [0.717, 1.165) is 38.2 Å². The largest absolute Gasteiger partial charge is 0.465 e. The molecule has 0 aliphatic carbocycles. The molecule has 0 aromatic heterocycles. The summed E-state index contributed by atoms with van der Waals surface area (Å²) < 4.78 is 4.84. The number of amides is 1. The van der Waals surface area contributed by atoms with Crippen LogP contribution in [0.5, 0.6) is 0 Å². The van der Waals surface area contributed by atoms with E-state index in [-0.39, 0.29) is 11.9 Å². The van der Waals surface area contributed by atoms with Gasteiger partial charge in [0.05, 0.1) is 12.7 Å². The maximum atomic E-state index is 11.8. The first-order valence-electron chi connectivity index (χ1n) is 7.37. The number of hydrogen-bond acceptors (Lipinski definition) is 4. The first-order chi connectivity index (χ1) is 10.2. The lowest BCUT2D eigenvalue weighted by molar-refractivity contribution is -0.130. The zero-order valence-electron chi connectivity index (χ0n) is 12.2. The van der Waals surface area contributed by atoms with Gasteiger partial charge >= 0.3 is 5.97 Å². The van der Waals surface area contributed by atoms with Crippen LogP contribution in [-0.2, 0) is 16.1 Å². The van der Waals surface area contributed by atoms with Crippen LogP contribution in [0.3, 0.4) is 0 Å². The van der Waals surface area contributed by atoms with Crippen molar-refractivity contribution < 1.29 is 14.3 Å². The first kappa shape index (κ1) is 14.1. The maximum Gasteiger partial charge on any atom is 0.338 e. The number of benzene rings is 1. The van der Waals surface area contributed by atoms with Gasteiger partial charge in [-0.15, -0.1) is 0 Å². The molecule has 2 fully saturated rings. The van der Waals surface area contributed by atoms with E-state index in [4.69, 9.17) is 4.74 Å². The Hall–Kier alpha value is -1.88. The average Bonchev–Trinajstić information content (AvgIpc) is 2.88. The minimum Gasteiger partial charge on any atom is -0.465 e. The molecule has 2 saturated heterocycles. The predicted octanol–water partition coefficient (Wildman–Crippen LogP) is 1.28. The fourth-order valence-corrected chi connectivity index (χ4v) is 3.28. The minimum atomic E-state index is -0.291. The van der Waals surface area contributed by atoms with Crippen molar-refractivity contribution in [3.63, 3.8) is 0 Å². The number of piperazine rings is 1. The van der Waals surface area contributed by atoms with Crippen LogP contribution in [0, 0.1) is 0 Å². The summed E-state index contributed by atoms with van der Waals surface area (Å²) >= 11 is 0. The second kappa shape index (κ2) is 5.85. The summed E-state index contributed by atoms with van der Waals surface area (Å²) in [5, 5.41) is 0. The molecule has 5 nitrogen and oxygen atoms in total. The Bertz CT molecular complexity index is 558. The zero-order chi connectivity index (χ0) is 14.8. The molecular weight excluding hydrogens is 268 g/mol. The monoisotopic (exact) mass is 288 g/mol. The van der Waals surface area contributed by atoms with E-state index in [0.29, 0.717) is 18.0 Å². The molecule has 3 rings (SSSR count). The smallest absolute Gasteiger partial charge is 0.338 e. The highest BCUT2D eigenvalue weighted by Crippen LogP contribution is 2.24. The number of carbonyl (C=O) groups is 2. The van der Waals surface area contributed by atoms with Crippen molar-refractivity contribution in [1.82, 2.24) is 9.80 Å². The molecule has 1 atom stereocenters. The van der Waals surface area contributed by atoms with Gasteiger partial charge in [-0.3, -0.25) is 9.69 Å². The number of nitrogens with zero attached hydrogens (tertiary/aromatic N) is 2. The Morgan fingerprint density at radius 2 is 2.14 bits per heavy atom. The molecule has 2 aliphatic heterocycles. The topological polar surface area (TPSA) is 49.9 Å². The van der Waals surface area contributed by atoms with E-state index in [9.17, 15) is 9.59 Å². The Labute approximate surface area is 124 Å². The summed E-state index contributed by atoms with van der Waals surface area (Å²) in [6.45, 7) is 3.27. The average molecular weight is 288 g/mol. The summed E-state index contributed by atoms with van der Waals surface area (Å²) in [6, 6.07) is 7.91.